The van der Waals surface area contributed by atoms with Crippen molar-refractivity contribution in [2.45, 2.75) is 33.2 Å². The van der Waals surface area contributed by atoms with Crippen molar-refractivity contribution in [2.24, 2.45) is 15.6 Å². The third-order valence-corrected chi connectivity index (χ3v) is 4.40. The molecule has 1 N–H and O–H groups in total. The molecule has 3 aliphatic rings. The quantitative estimate of drug-likeness (QED) is 0.920. The molecule has 1 fully saturated rings. The molecule has 6 heteroatoms. The fourth-order valence-electron chi connectivity index (χ4n) is 3.03. The average Bonchev–Trinajstić information content (AvgIpc) is 3.00. The normalized spacial score (nSPS) is 19.2. The fourth-order valence-corrected chi connectivity index (χ4v) is 3.03. The van der Waals surface area contributed by atoms with Gasteiger partial charge in [-0.2, -0.15) is 0 Å². The summed E-state index contributed by atoms with van der Waals surface area (Å²) in [6.45, 7) is 5.99. The zero-order valence-corrected chi connectivity index (χ0v) is 13.7. The van der Waals surface area contributed by atoms with E-state index in [1.165, 1.54) is 17.2 Å². The molecule has 4 rings (SSSR count). The van der Waals surface area contributed by atoms with Gasteiger partial charge in [-0.05, 0) is 34.8 Å². The van der Waals surface area contributed by atoms with Crippen molar-refractivity contribution >= 4 is 5.91 Å². The van der Waals surface area contributed by atoms with Gasteiger partial charge in [-0.15, -0.1) is 10.2 Å². The van der Waals surface area contributed by atoms with E-state index in [0.29, 0.717) is 11.4 Å². The highest BCUT2D eigenvalue weighted by Crippen LogP contribution is 2.51. The summed E-state index contributed by atoms with van der Waals surface area (Å²) in [6.07, 6.45) is 4.10. The van der Waals surface area contributed by atoms with Gasteiger partial charge in [0.05, 0.1) is 23.6 Å². The minimum atomic E-state index is -0.402. The summed E-state index contributed by atoms with van der Waals surface area (Å²) < 4.78 is 13.1. The third-order valence-electron chi connectivity index (χ3n) is 4.40. The van der Waals surface area contributed by atoms with Crippen LogP contribution in [0, 0.1) is 11.2 Å². The maximum atomic E-state index is 13.1. The Bertz CT molecular complexity index is 869. The number of azo groups is 1. The first kappa shape index (κ1) is 14.9. The molecule has 1 aromatic rings. The summed E-state index contributed by atoms with van der Waals surface area (Å²) in [6, 6.07) is 2.58. The van der Waals surface area contributed by atoms with Gasteiger partial charge in [0.25, 0.3) is 5.91 Å². The van der Waals surface area contributed by atoms with E-state index in [0.717, 1.165) is 23.9 Å². The number of pyridine rings is 1. The third kappa shape index (κ3) is 2.38. The SMILES string of the molecule is CC(C)(C)[C@@H](NC(=O)C1=C2C=C3CC3=C2N=N1)c1ccc(F)cn1. The highest BCUT2D eigenvalue weighted by Gasteiger charge is 2.39. The number of nitrogens with zero attached hydrogens (tertiary/aromatic N) is 3. The maximum Gasteiger partial charge on any atom is 0.273 e. The van der Waals surface area contributed by atoms with E-state index in [9.17, 15) is 9.18 Å². The number of aromatic nitrogens is 1. The van der Waals surface area contributed by atoms with Crippen LogP contribution in [0.4, 0.5) is 4.39 Å². The summed E-state index contributed by atoms with van der Waals surface area (Å²) in [5, 5.41) is 11.2. The molecule has 1 aliphatic heterocycles. The Morgan fingerprint density at radius 3 is 2.75 bits per heavy atom. The monoisotopic (exact) mass is 324 g/mol. The van der Waals surface area contributed by atoms with Gasteiger partial charge in [0, 0.05) is 12.0 Å². The van der Waals surface area contributed by atoms with E-state index >= 15 is 0 Å². The van der Waals surface area contributed by atoms with Gasteiger partial charge in [-0.3, -0.25) is 9.78 Å². The summed E-state index contributed by atoms with van der Waals surface area (Å²) in [5.41, 5.74) is 4.75. The molecular weight excluding hydrogens is 307 g/mol. The molecule has 1 atom stereocenters. The molecule has 0 spiro atoms. The van der Waals surface area contributed by atoms with Crippen LogP contribution < -0.4 is 5.32 Å². The number of fused-ring (bicyclic) bond motifs is 2. The van der Waals surface area contributed by atoms with Gasteiger partial charge in [-0.25, -0.2) is 4.39 Å². The topological polar surface area (TPSA) is 66.7 Å². The summed E-state index contributed by atoms with van der Waals surface area (Å²) in [4.78, 5) is 16.9. The molecule has 0 radical (unpaired) electrons. The number of carbonyl (C=O) groups excluding carboxylic acids is 1. The van der Waals surface area contributed by atoms with E-state index in [4.69, 9.17) is 0 Å². The smallest absolute Gasteiger partial charge is 0.273 e. The molecule has 1 amide bonds. The van der Waals surface area contributed by atoms with Gasteiger partial charge in [0.1, 0.15) is 5.82 Å². The Hall–Kier alpha value is -2.63. The van der Waals surface area contributed by atoms with E-state index < -0.39 is 5.82 Å². The van der Waals surface area contributed by atoms with Crippen LogP contribution in [0.25, 0.3) is 0 Å². The molecule has 1 saturated carbocycles. The molecule has 0 saturated heterocycles. The summed E-state index contributed by atoms with van der Waals surface area (Å²) >= 11 is 0. The first-order chi connectivity index (χ1) is 11.3. The second kappa shape index (κ2) is 4.93. The van der Waals surface area contributed by atoms with Gasteiger partial charge in [0.2, 0.25) is 0 Å². The van der Waals surface area contributed by atoms with Gasteiger partial charge >= 0.3 is 0 Å². The lowest BCUT2D eigenvalue weighted by molar-refractivity contribution is -0.119. The van der Waals surface area contributed by atoms with Crippen molar-refractivity contribution < 1.29 is 9.18 Å². The summed E-state index contributed by atoms with van der Waals surface area (Å²) in [5.74, 6) is -0.686. The number of nitrogens with one attached hydrogen (secondary N) is 1. The van der Waals surface area contributed by atoms with E-state index in [2.05, 4.69) is 20.5 Å². The van der Waals surface area contributed by atoms with Crippen molar-refractivity contribution in [1.29, 1.82) is 0 Å². The van der Waals surface area contributed by atoms with Crippen molar-refractivity contribution in [3.63, 3.8) is 0 Å². The lowest BCUT2D eigenvalue weighted by Crippen LogP contribution is -2.37. The molecule has 2 heterocycles. The van der Waals surface area contributed by atoms with Crippen molar-refractivity contribution in [3.8, 4) is 0 Å². The Labute approximate surface area is 139 Å². The minimum Gasteiger partial charge on any atom is -0.342 e. The number of carbonyl (C=O) groups is 1. The highest BCUT2D eigenvalue weighted by molar-refractivity contribution is 5.97. The minimum absolute atomic E-state index is 0.284. The van der Waals surface area contributed by atoms with Crippen molar-refractivity contribution in [2.75, 3.05) is 0 Å². The first-order valence-corrected chi connectivity index (χ1v) is 7.87. The van der Waals surface area contributed by atoms with Gasteiger partial charge in [0.15, 0.2) is 5.70 Å². The van der Waals surface area contributed by atoms with Crippen LogP contribution >= 0.6 is 0 Å². The lowest BCUT2D eigenvalue weighted by atomic mass is 9.84. The fraction of sp³-hybridized carbons (Fsp3) is 0.333. The molecular formula is C18H17FN4O. The van der Waals surface area contributed by atoms with Crippen LogP contribution in [0.15, 0.2) is 62.7 Å². The van der Waals surface area contributed by atoms with Crippen molar-refractivity contribution in [1.82, 2.24) is 10.3 Å². The molecule has 24 heavy (non-hydrogen) atoms. The Morgan fingerprint density at radius 1 is 1.29 bits per heavy atom. The molecule has 122 valence electrons. The predicted octanol–water partition coefficient (Wildman–Crippen LogP) is 3.74. The van der Waals surface area contributed by atoms with Crippen LogP contribution in [-0.2, 0) is 4.79 Å². The average molecular weight is 324 g/mol. The van der Waals surface area contributed by atoms with Crippen LogP contribution in [-0.4, -0.2) is 10.9 Å². The maximum absolute atomic E-state index is 13.1. The lowest BCUT2D eigenvalue weighted by Gasteiger charge is -2.31. The zero-order chi connectivity index (χ0) is 17.1. The molecule has 1 aromatic heterocycles. The molecule has 0 unspecified atom stereocenters. The number of halogens is 1. The number of rotatable bonds is 3. The molecule has 0 aromatic carbocycles. The largest absolute Gasteiger partial charge is 0.342 e. The predicted molar refractivity (Wildman–Crippen MR) is 86.1 cm³/mol. The van der Waals surface area contributed by atoms with Gasteiger partial charge in [-0.1, -0.05) is 20.8 Å². The van der Waals surface area contributed by atoms with Crippen LogP contribution in [0.5, 0.6) is 0 Å². The number of hydrogen-bond donors (Lipinski definition) is 1. The second-order valence-electron chi connectivity index (χ2n) is 7.31. The molecule has 0 bridgehead atoms. The van der Waals surface area contributed by atoms with Crippen LogP contribution in [0.2, 0.25) is 0 Å². The number of allylic oxidation sites excluding steroid dienone is 3. The molecule has 5 nitrogen and oxygen atoms in total. The van der Waals surface area contributed by atoms with Crippen molar-refractivity contribution in [3.05, 3.63) is 64.0 Å². The zero-order valence-electron chi connectivity index (χ0n) is 13.7. The van der Waals surface area contributed by atoms with E-state index in [1.807, 2.05) is 26.8 Å². The Kier molecular flexibility index (Phi) is 3.07. The Morgan fingerprint density at radius 2 is 2.08 bits per heavy atom. The van der Waals surface area contributed by atoms with Crippen LogP contribution in [0.1, 0.15) is 38.9 Å². The van der Waals surface area contributed by atoms with E-state index in [1.54, 1.807) is 6.07 Å². The van der Waals surface area contributed by atoms with Crippen LogP contribution in [0.3, 0.4) is 0 Å². The number of amides is 1. The number of hydrogen-bond acceptors (Lipinski definition) is 4. The second-order valence-corrected chi connectivity index (χ2v) is 7.31. The standard InChI is InChI=1S/C18H17FN4O/c1-18(2,3)16(13-5-4-10(19)8-20-13)21-17(24)15-12-7-9-6-11(9)14(12)22-23-15/h4-5,7-8,16H,6H2,1-3H3,(H,21,24)/t16-/m0/s1. The first-order valence-electron chi connectivity index (χ1n) is 7.87. The Balaban J connectivity index is 1.62. The molecule has 2 aliphatic carbocycles. The summed E-state index contributed by atoms with van der Waals surface area (Å²) in [7, 11) is 0. The highest BCUT2D eigenvalue weighted by atomic mass is 19.1. The van der Waals surface area contributed by atoms with E-state index in [-0.39, 0.29) is 17.4 Å². The van der Waals surface area contributed by atoms with Gasteiger partial charge < -0.3 is 5.32 Å².